The molecule has 1 N–H and O–H groups in total. The average molecular weight is 250 g/mol. The van der Waals surface area contributed by atoms with Gasteiger partial charge < -0.3 is 15.0 Å². The summed E-state index contributed by atoms with van der Waals surface area (Å²) < 4.78 is 4.62. The first-order valence-electron chi connectivity index (χ1n) is 6.05. The predicted molar refractivity (Wildman–Crippen MR) is 67.6 cm³/mol. The SMILES string of the molecule is CNCC1CCN(c2ccnc(C(=O)OC)n2)C1. The zero-order valence-electron chi connectivity index (χ0n) is 10.7. The maximum absolute atomic E-state index is 11.4. The average Bonchev–Trinajstić information content (AvgIpc) is 2.87. The minimum absolute atomic E-state index is 0.118. The van der Waals surface area contributed by atoms with E-state index in [2.05, 4.69) is 24.9 Å². The van der Waals surface area contributed by atoms with Crippen molar-refractivity contribution >= 4 is 11.8 Å². The van der Waals surface area contributed by atoms with E-state index in [-0.39, 0.29) is 5.82 Å². The highest BCUT2D eigenvalue weighted by atomic mass is 16.5. The Morgan fingerprint density at radius 2 is 2.50 bits per heavy atom. The van der Waals surface area contributed by atoms with Crippen LogP contribution in [0.4, 0.5) is 5.82 Å². The Labute approximate surface area is 106 Å². The highest BCUT2D eigenvalue weighted by Gasteiger charge is 2.23. The van der Waals surface area contributed by atoms with E-state index >= 15 is 0 Å². The van der Waals surface area contributed by atoms with E-state index in [0.29, 0.717) is 5.92 Å². The van der Waals surface area contributed by atoms with Gasteiger partial charge in [-0.05, 0) is 32.0 Å². The van der Waals surface area contributed by atoms with E-state index in [1.165, 1.54) is 7.11 Å². The molecule has 1 saturated heterocycles. The van der Waals surface area contributed by atoms with Gasteiger partial charge in [-0.3, -0.25) is 0 Å². The maximum atomic E-state index is 11.4. The second-order valence-electron chi connectivity index (χ2n) is 4.39. The number of rotatable bonds is 4. The molecule has 2 heterocycles. The van der Waals surface area contributed by atoms with Crippen LogP contribution in [0.15, 0.2) is 12.3 Å². The number of methoxy groups -OCH3 is 1. The molecular weight excluding hydrogens is 232 g/mol. The molecule has 6 heteroatoms. The molecule has 1 unspecified atom stereocenters. The molecule has 1 aliphatic heterocycles. The normalized spacial score (nSPS) is 19.0. The van der Waals surface area contributed by atoms with Crippen LogP contribution in [0.25, 0.3) is 0 Å². The molecular formula is C12H18N4O2. The van der Waals surface area contributed by atoms with Gasteiger partial charge in [0.15, 0.2) is 0 Å². The Kier molecular flexibility index (Phi) is 4.09. The van der Waals surface area contributed by atoms with E-state index in [1.807, 2.05) is 13.1 Å². The number of aromatic nitrogens is 2. The van der Waals surface area contributed by atoms with Gasteiger partial charge in [0.05, 0.1) is 7.11 Å². The van der Waals surface area contributed by atoms with Crippen molar-refractivity contribution in [1.29, 1.82) is 0 Å². The second kappa shape index (κ2) is 5.77. The molecule has 0 radical (unpaired) electrons. The van der Waals surface area contributed by atoms with Gasteiger partial charge in [-0.1, -0.05) is 0 Å². The van der Waals surface area contributed by atoms with Crippen molar-refractivity contribution in [2.45, 2.75) is 6.42 Å². The number of esters is 1. The summed E-state index contributed by atoms with van der Waals surface area (Å²) in [5.41, 5.74) is 0. The van der Waals surface area contributed by atoms with E-state index in [9.17, 15) is 4.79 Å². The fourth-order valence-corrected chi connectivity index (χ4v) is 2.21. The molecule has 0 amide bonds. The number of nitrogens with one attached hydrogen (secondary N) is 1. The van der Waals surface area contributed by atoms with Gasteiger partial charge in [-0.25, -0.2) is 14.8 Å². The summed E-state index contributed by atoms with van der Waals surface area (Å²) in [4.78, 5) is 21.7. The standard InChI is InChI=1S/C12H18N4O2/c1-13-7-9-4-6-16(8-9)10-3-5-14-11(15-10)12(17)18-2/h3,5,9,13H,4,6-8H2,1-2H3. The Morgan fingerprint density at radius 1 is 1.67 bits per heavy atom. The smallest absolute Gasteiger partial charge is 0.376 e. The lowest BCUT2D eigenvalue weighted by molar-refractivity contribution is 0.0587. The molecule has 2 rings (SSSR count). The monoisotopic (exact) mass is 250 g/mol. The highest BCUT2D eigenvalue weighted by molar-refractivity contribution is 5.85. The van der Waals surface area contributed by atoms with Crippen molar-refractivity contribution in [3.63, 3.8) is 0 Å². The number of hydrogen-bond donors (Lipinski definition) is 1. The van der Waals surface area contributed by atoms with Crippen molar-refractivity contribution in [3.05, 3.63) is 18.1 Å². The lowest BCUT2D eigenvalue weighted by Crippen LogP contribution is -2.25. The molecule has 1 atom stereocenters. The lowest BCUT2D eigenvalue weighted by atomic mass is 10.1. The number of hydrogen-bond acceptors (Lipinski definition) is 6. The summed E-state index contributed by atoms with van der Waals surface area (Å²) in [6, 6.07) is 1.83. The van der Waals surface area contributed by atoms with Crippen LogP contribution in [-0.2, 0) is 4.74 Å². The van der Waals surface area contributed by atoms with Gasteiger partial charge in [0.2, 0.25) is 5.82 Å². The first kappa shape index (κ1) is 12.8. The van der Waals surface area contributed by atoms with Crippen LogP contribution in [0.1, 0.15) is 17.0 Å². The Balaban J connectivity index is 2.08. The molecule has 1 aromatic rings. The van der Waals surface area contributed by atoms with Gasteiger partial charge in [-0.15, -0.1) is 0 Å². The fourth-order valence-electron chi connectivity index (χ4n) is 2.21. The summed E-state index contributed by atoms with van der Waals surface area (Å²) in [5, 5.41) is 3.19. The number of anilines is 1. The van der Waals surface area contributed by atoms with Crippen molar-refractivity contribution < 1.29 is 9.53 Å². The Bertz CT molecular complexity index is 424. The van der Waals surface area contributed by atoms with Crippen molar-refractivity contribution in [2.24, 2.45) is 5.92 Å². The van der Waals surface area contributed by atoms with Crippen LogP contribution in [0.5, 0.6) is 0 Å². The third kappa shape index (κ3) is 2.76. The third-order valence-electron chi connectivity index (χ3n) is 3.11. The Hall–Kier alpha value is -1.69. The molecule has 0 aliphatic carbocycles. The Morgan fingerprint density at radius 3 is 3.22 bits per heavy atom. The van der Waals surface area contributed by atoms with Gasteiger partial charge in [0, 0.05) is 19.3 Å². The lowest BCUT2D eigenvalue weighted by Gasteiger charge is -2.17. The van der Waals surface area contributed by atoms with Crippen molar-refractivity contribution in [3.8, 4) is 0 Å². The zero-order valence-corrected chi connectivity index (χ0v) is 10.7. The van der Waals surface area contributed by atoms with Crippen LogP contribution >= 0.6 is 0 Å². The molecule has 0 spiro atoms. The van der Waals surface area contributed by atoms with E-state index in [0.717, 1.165) is 31.9 Å². The maximum Gasteiger partial charge on any atom is 0.376 e. The van der Waals surface area contributed by atoms with Crippen LogP contribution in [-0.4, -0.2) is 49.7 Å². The minimum Gasteiger partial charge on any atom is -0.463 e. The predicted octanol–water partition coefficient (Wildman–Crippen LogP) is 0.309. The third-order valence-corrected chi connectivity index (χ3v) is 3.11. The van der Waals surface area contributed by atoms with Gasteiger partial charge in [-0.2, -0.15) is 0 Å². The van der Waals surface area contributed by atoms with Gasteiger partial charge in [0.25, 0.3) is 0 Å². The minimum atomic E-state index is -0.497. The topological polar surface area (TPSA) is 67.4 Å². The quantitative estimate of drug-likeness (QED) is 0.776. The molecule has 1 fully saturated rings. The molecule has 18 heavy (non-hydrogen) atoms. The summed E-state index contributed by atoms with van der Waals surface area (Å²) in [7, 11) is 3.29. The number of carbonyl (C=O) groups excluding carboxylic acids is 1. The first-order valence-corrected chi connectivity index (χ1v) is 6.05. The van der Waals surface area contributed by atoms with Gasteiger partial charge in [0.1, 0.15) is 5.82 Å². The number of carbonyl (C=O) groups is 1. The van der Waals surface area contributed by atoms with E-state index in [1.54, 1.807) is 6.20 Å². The first-order chi connectivity index (χ1) is 8.74. The van der Waals surface area contributed by atoms with Crippen LogP contribution in [0, 0.1) is 5.92 Å². The van der Waals surface area contributed by atoms with Crippen LogP contribution in [0.2, 0.25) is 0 Å². The second-order valence-corrected chi connectivity index (χ2v) is 4.39. The molecule has 1 aliphatic rings. The van der Waals surface area contributed by atoms with Crippen molar-refractivity contribution in [2.75, 3.05) is 38.7 Å². The van der Waals surface area contributed by atoms with Crippen molar-refractivity contribution in [1.82, 2.24) is 15.3 Å². The molecule has 0 aromatic carbocycles. The van der Waals surface area contributed by atoms with E-state index in [4.69, 9.17) is 0 Å². The molecule has 0 saturated carbocycles. The molecule has 98 valence electrons. The molecule has 1 aromatic heterocycles. The zero-order chi connectivity index (χ0) is 13.0. The molecule has 0 bridgehead atoms. The largest absolute Gasteiger partial charge is 0.463 e. The summed E-state index contributed by atoms with van der Waals surface area (Å²) in [5.74, 6) is 1.05. The fraction of sp³-hybridized carbons (Fsp3) is 0.583. The van der Waals surface area contributed by atoms with Crippen LogP contribution in [0.3, 0.4) is 0 Å². The number of ether oxygens (including phenoxy) is 1. The summed E-state index contributed by atoms with van der Waals surface area (Å²) in [6.45, 7) is 2.92. The van der Waals surface area contributed by atoms with Gasteiger partial charge >= 0.3 is 5.97 Å². The highest BCUT2D eigenvalue weighted by Crippen LogP contribution is 2.21. The van der Waals surface area contributed by atoms with Crippen LogP contribution < -0.4 is 10.2 Å². The van der Waals surface area contributed by atoms with E-state index < -0.39 is 5.97 Å². The summed E-state index contributed by atoms with van der Waals surface area (Å²) in [6.07, 6.45) is 2.73. The molecule has 6 nitrogen and oxygen atoms in total. The number of nitrogens with zero attached hydrogens (tertiary/aromatic N) is 3. The summed E-state index contributed by atoms with van der Waals surface area (Å²) >= 11 is 0.